The third-order valence-corrected chi connectivity index (χ3v) is 3.44. The molecule has 0 spiro atoms. The number of nitrogens with two attached hydrogens (primary N) is 1. The van der Waals surface area contributed by atoms with Crippen molar-refractivity contribution in [3.63, 3.8) is 0 Å². The Bertz CT molecular complexity index is 601. The smallest absolute Gasteiger partial charge is 0.170 e. The summed E-state index contributed by atoms with van der Waals surface area (Å²) in [6.45, 7) is 1.90. The zero-order valence-corrected chi connectivity index (χ0v) is 11.5. The van der Waals surface area contributed by atoms with Crippen molar-refractivity contribution in [1.29, 1.82) is 0 Å². The number of halogens is 2. The molecule has 2 N–H and O–H groups in total. The van der Waals surface area contributed by atoms with Gasteiger partial charge in [-0.1, -0.05) is 18.2 Å². The highest BCUT2D eigenvalue weighted by Gasteiger charge is 2.20. The molecule has 0 saturated heterocycles. The zero-order chi connectivity index (χ0) is 14.7. The van der Waals surface area contributed by atoms with E-state index in [1.54, 1.807) is 43.1 Å². The molecular formula is C15H17F2N3. The Morgan fingerprint density at radius 2 is 1.95 bits per heavy atom. The van der Waals surface area contributed by atoms with Gasteiger partial charge >= 0.3 is 0 Å². The Morgan fingerprint density at radius 3 is 2.60 bits per heavy atom. The highest BCUT2D eigenvalue weighted by atomic mass is 19.1. The van der Waals surface area contributed by atoms with Gasteiger partial charge in [0.25, 0.3) is 0 Å². The number of hydrogen-bond acceptors (Lipinski definition) is 3. The van der Waals surface area contributed by atoms with Crippen LogP contribution in [0.3, 0.4) is 0 Å². The molecule has 1 heterocycles. The number of rotatable bonds is 4. The number of nitrogens with zero attached hydrogens (tertiary/aromatic N) is 2. The summed E-state index contributed by atoms with van der Waals surface area (Å²) >= 11 is 0. The van der Waals surface area contributed by atoms with Crippen molar-refractivity contribution in [2.45, 2.75) is 19.5 Å². The van der Waals surface area contributed by atoms with Crippen molar-refractivity contribution >= 4 is 5.82 Å². The van der Waals surface area contributed by atoms with Gasteiger partial charge in [-0.05, 0) is 19.1 Å². The van der Waals surface area contributed by atoms with Crippen LogP contribution in [0.25, 0.3) is 0 Å². The molecule has 0 fully saturated rings. The summed E-state index contributed by atoms with van der Waals surface area (Å²) in [5, 5.41) is 0. The molecule has 0 bridgehead atoms. The van der Waals surface area contributed by atoms with E-state index in [9.17, 15) is 8.78 Å². The quantitative estimate of drug-likeness (QED) is 0.934. The van der Waals surface area contributed by atoms with E-state index in [0.717, 1.165) is 0 Å². The average Bonchev–Trinajstić information content (AvgIpc) is 2.46. The molecular weight excluding hydrogens is 260 g/mol. The summed E-state index contributed by atoms with van der Waals surface area (Å²) in [6, 6.07) is 7.65. The molecule has 0 aliphatic rings. The maximum atomic E-state index is 14.2. The molecule has 1 aromatic heterocycles. The first-order chi connectivity index (χ1) is 9.56. The van der Waals surface area contributed by atoms with Gasteiger partial charge in [-0.15, -0.1) is 0 Å². The van der Waals surface area contributed by atoms with E-state index < -0.39 is 5.82 Å². The van der Waals surface area contributed by atoms with Crippen LogP contribution in [0.5, 0.6) is 0 Å². The van der Waals surface area contributed by atoms with Crippen LogP contribution in [0, 0.1) is 11.6 Å². The maximum Gasteiger partial charge on any atom is 0.170 e. The van der Waals surface area contributed by atoms with E-state index in [0.29, 0.717) is 11.1 Å². The van der Waals surface area contributed by atoms with Crippen LogP contribution < -0.4 is 10.6 Å². The van der Waals surface area contributed by atoms with Crippen molar-refractivity contribution in [2.24, 2.45) is 5.73 Å². The summed E-state index contributed by atoms with van der Waals surface area (Å²) in [4.78, 5) is 5.64. The second-order valence-electron chi connectivity index (χ2n) is 4.62. The first-order valence-electron chi connectivity index (χ1n) is 6.37. The Hall–Kier alpha value is -2.01. The van der Waals surface area contributed by atoms with Gasteiger partial charge in [0.15, 0.2) is 11.6 Å². The van der Waals surface area contributed by atoms with E-state index in [1.807, 2.05) is 0 Å². The molecule has 3 nitrogen and oxygen atoms in total. The molecule has 0 amide bonds. The lowest BCUT2D eigenvalue weighted by atomic mass is 10.1. The molecule has 0 aliphatic heterocycles. The Morgan fingerprint density at radius 1 is 1.25 bits per heavy atom. The van der Waals surface area contributed by atoms with Crippen LogP contribution in [0.15, 0.2) is 36.5 Å². The van der Waals surface area contributed by atoms with Gasteiger partial charge in [-0.25, -0.2) is 13.8 Å². The second kappa shape index (κ2) is 5.96. The summed E-state index contributed by atoms with van der Waals surface area (Å²) < 4.78 is 28.0. The monoisotopic (exact) mass is 277 g/mol. The fourth-order valence-corrected chi connectivity index (χ4v) is 2.08. The number of hydrogen-bond donors (Lipinski definition) is 1. The lowest BCUT2D eigenvalue weighted by Gasteiger charge is -2.27. The van der Waals surface area contributed by atoms with Crippen molar-refractivity contribution in [3.05, 3.63) is 59.3 Å². The topological polar surface area (TPSA) is 42.2 Å². The van der Waals surface area contributed by atoms with Crippen LogP contribution >= 0.6 is 0 Å². The van der Waals surface area contributed by atoms with Gasteiger partial charge in [-0.2, -0.15) is 0 Å². The van der Waals surface area contributed by atoms with Gasteiger partial charge in [0.1, 0.15) is 5.82 Å². The summed E-state index contributed by atoms with van der Waals surface area (Å²) in [5.74, 6) is -0.605. The van der Waals surface area contributed by atoms with Crippen molar-refractivity contribution in [3.8, 4) is 0 Å². The van der Waals surface area contributed by atoms with Gasteiger partial charge in [-0.3, -0.25) is 0 Å². The predicted octanol–water partition coefficient (Wildman–Crippen LogP) is 3.02. The normalized spacial score (nSPS) is 12.2. The SMILES string of the molecule is CC(c1ccccc1F)N(C)c1nccc(CN)c1F. The fraction of sp³-hybridized carbons (Fsp3) is 0.267. The summed E-state index contributed by atoms with van der Waals surface area (Å²) in [7, 11) is 1.68. The number of anilines is 1. The largest absolute Gasteiger partial charge is 0.350 e. The predicted molar refractivity (Wildman–Crippen MR) is 75.3 cm³/mol. The highest BCUT2D eigenvalue weighted by Crippen LogP contribution is 2.28. The minimum atomic E-state index is -0.458. The Balaban J connectivity index is 2.36. The molecule has 106 valence electrons. The fourth-order valence-electron chi connectivity index (χ4n) is 2.08. The van der Waals surface area contributed by atoms with Gasteiger partial charge < -0.3 is 10.6 Å². The lowest BCUT2D eigenvalue weighted by molar-refractivity contribution is 0.565. The number of aromatic nitrogens is 1. The Labute approximate surface area is 117 Å². The highest BCUT2D eigenvalue weighted by molar-refractivity contribution is 5.45. The zero-order valence-electron chi connectivity index (χ0n) is 11.5. The van der Waals surface area contributed by atoms with Gasteiger partial charge in [0, 0.05) is 30.9 Å². The van der Waals surface area contributed by atoms with Crippen LogP contribution in [0.4, 0.5) is 14.6 Å². The molecule has 20 heavy (non-hydrogen) atoms. The third kappa shape index (κ3) is 2.63. The third-order valence-electron chi connectivity index (χ3n) is 3.44. The van der Waals surface area contributed by atoms with Gasteiger partial charge in [0.2, 0.25) is 0 Å². The van der Waals surface area contributed by atoms with E-state index in [1.165, 1.54) is 12.3 Å². The van der Waals surface area contributed by atoms with E-state index in [-0.39, 0.29) is 24.2 Å². The molecule has 1 atom stereocenters. The average molecular weight is 277 g/mol. The Kier molecular flexibility index (Phi) is 4.29. The van der Waals surface area contributed by atoms with E-state index in [2.05, 4.69) is 4.98 Å². The van der Waals surface area contributed by atoms with Crippen LogP contribution in [-0.2, 0) is 6.54 Å². The van der Waals surface area contributed by atoms with Crippen molar-refractivity contribution in [2.75, 3.05) is 11.9 Å². The van der Waals surface area contributed by atoms with Gasteiger partial charge in [0.05, 0.1) is 6.04 Å². The van der Waals surface area contributed by atoms with E-state index in [4.69, 9.17) is 5.73 Å². The molecule has 5 heteroatoms. The lowest BCUT2D eigenvalue weighted by Crippen LogP contribution is -2.25. The number of benzene rings is 1. The maximum absolute atomic E-state index is 14.2. The first kappa shape index (κ1) is 14.4. The first-order valence-corrected chi connectivity index (χ1v) is 6.37. The molecule has 1 unspecified atom stereocenters. The molecule has 0 radical (unpaired) electrons. The molecule has 1 aromatic carbocycles. The van der Waals surface area contributed by atoms with E-state index >= 15 is 0 Å². The minimum Gasteiger partial charge on any atom is -0.350 e. The molecule has 0 saturated carbocycles. The van der Waals surface area contributed by atoms with Crippen LogP contribution in [0.1, 0.15) is 24.1 Å². The molecule has 0 aliphatic carbocycles. The van der Waals surface area contributed by atoms with Crippen molar-refractivity contribution in [1.82, 2.24) is 4.98 Å². The van der Waals surface area contributed by atoms with Crippen LogP contribution in [-0.4, -0.2) is 12.0 Å². The minimum absolute atomic E-state index is 0.100. The molecule has 2 aromatic rings. The van der Waals surface area contributed by atoms with Crippen molar-refractivity contribution < 1.29 is 8.78 Å². The summed E-state index contributed by atoms with van der Waals surface area (Å²) in [5.41, 5.74) is 6.37. The summed E-state index contributed by atoms with van der Waals surface area (Å²) in [6.07, 6.45) is 1.51. The van der Waals surface area contributed by atoms with Crippen LogP contribution in [0.2, 0.25) is 0 Å². The standard InChI is InChI=1S/C15H17F2N3/c1-10(12-5-3-4-6-13(12)16)20(2)15-14(17)11(9-18)7-8-19-15/h3-8,10H,9,18H2,1-2H3. The molecule has 2 rings (SSSR count). The number of pyridine rings is 1. The second-order valence-corrected chi connectivity index (χ2v) is 4.62.